The van der Waals surface area contributed by atoms with Gasteiger partial charge < -0.3 is 16.0 Å². The van der Waals surface area contributed by atoms with Gasteiger partial charge in [0.1, 0.15) is 0 Å². The topological polar surface area (TPSA) is 136 Å². The predicted octanol–water partition coefficient (Wildman–Crippen LogP) is 2.94. The Morgan fingerprint density at radius 3 is 2.71 bits per heavy atom. The van der Waals surface area contributed by atoms with Gasteiger partial charge in [-0.05, 0) is 42.7 Å². The fourth-order valence-electron chi connectivity index (χ4n) is 3.27. The summed E-state index contributed by atoms with van der Waals surface area (Å²) in [5, 5.41) is 14.0. The van der Waals surface area contributed by atoms with Crippen molar-refractivity contribution in [1.82, 2.24) is 4.90 Å². The van der Waals surface area contributed by atoms with Crippen molar-refractivity contribution in [2.45, 2.75) is 30.7 Å². The van der Waals surface area contributed by atoms with E-state index in [0.717, 1.165) is 42.8 Å². The van der Waals surface area contributed by atoms with Gasteiger partial charge in [0.15, 0.2) is 0 Å². The van der Waals surface area contributed by atoms with Crippen molar-refractivity contribution in [3.05, 3.63) is 63.7 Å². The number of amides is 3. The zero-order valence-corrected chi connectivity index (χ0v) is 17.5. The quantitative estimate of drug-likeness (QED) is 0.366. The number of carbonyl (C=O) groups is 3. The van der Waals surface area contributed by atoms with Gasteiger partial charge in [0.05, 0.1) is 15.6 Å². The Morgan fingerprint density at radius 1 is 1.19 bits per heavy atom. The molecule has 3 amide bonds. The molecule has 0 aromatic heterocycles. The summed E-state index contributed by atoms with van der Waals surface area (Å²) >= 11 is 0.997. The number of hydrogen-bond acceptors (Lipinski definition) is 6. The van der Waals surface area contributed by atoms with Crippen molar-refractivity contribution in [1.29, 1.82) is 0 Å². The van der Waals surface area contributed by atoms with E-state index >= 15 is 0 Å². The third-order valence-electron chi connectivity index (χ3n) is 4.80. The molecule has 0 bridgehead atoms. The molecule has 1 fully saturated rings. The molecule has 1 heterocycles. The molecule has 3 rings (SSSR count). The largest absolute Gasteiger partial charge is 0.366 e. The lowest BCUT2D eigenvalue weighted by Crippen LogP contribution is -2.34. The summed E-state index contributed by atoms with van der Waals surface area (Å²) < 4.78 is 0. The minimum atomic E-state index is -0.761. The third kappa shape index (κ3) is 6.05. The van der Waals surface area contributed by atoms with Crippen molar-refractivity contribution in [2.24, 2.45) is 5.73 Å². The maximum Gasteiger partial charge on any atom is 0.283 e. The van der Waals surface area contributed by atoms with Crippen LogP contribution in [0.15, 0.2) is 47.4 Å². The molecular formula is C21H22N4O5S. The van der Waals surface area contributed by atoms with Crippen LogP contribution in [0.5, 0.6) is 0 Å². The molecule has 3 N–H and O–H groups in total. The standard InChI is InChI=1S/C21H22N4O5S/c22-21(28)15-7-8-18(17(11-15)25(29)30)31-13-19(26)23-16-5-3-4-14(10-16)12-24-9-2-1-6-20(24)27/h3-5,7-8,10-11H,1-2,6,9,12-13H2,(H2,22,28)(H,23,26). The van der Waals surface area contributed by atoms with E-state index in [1.54, 1.807) is 12.1 Å². The molecular weight excluding hydrogens is 420 g/mol. The van der Waals surface area contributed by atoms with Gasteiger partial charge in [-0.2, -0.15) is 0 Å². The zero-order chi connectivity index (χ0) is 22.4. The second-order valence-corrected chi connectivity index (χ2v) is 8.13. The van der Waals surface area contributed by atoms with Crippen LogP contribution in [0.2, 0.25) is 0 Å². The summed E-state index contributed by atoms with van der Waals surface area (Å²) in [4.78, 5) is 48.3. The van der Waals surface area contributed by atoms with E-state index < -0.39 is 10.8 Å². The molecule has 0 unspecified atom stereocenters. The Morgan fingerprint density at radius 2 is 2.00 bits per heavy atom. The normalized spacial score (nSPS) is 13.7. The van der Waals surface area contributed by atoms with Crippen LogP contribution in [0.3, 0.4) is 0 Å². The van der Waals surface area contributed by atoms with Gasteiger partial charge in [-0.15, -0.1) is 11.8 Å². The van der Waals surface area contributed by atoms with E-state index in [1.165, 1.54) is 12.1 Å². The van der Waals surface area contributed by atoms with Gasteiger partial charge in [0.2, 0.25) is 17.7 Å². The number of likely N-dealkylation sites (tertiary alicyclic amines) is 1. The van der Waals surface area contributed by atoms with Crippen LogP contribution in [-0.2, 0) is 16.1 Å². The Bertz CT molecular complexity index is 1030. The number of benzene rings is 2. The number of hydrogen-bond donors (Lipinski definition) is 2. The SMILES string of the molecule is NC(=O)c1ccc(SCC(=O)Nc2cccc(CN3CCCCC3=O)c2)c([N+](=O)[O-])c1. The number of primary amides is 1. The summed E-state index contributed by atoms with van der Waals surface area (Å²) in [6.45, 7) is 1.23. The molecule has 2 aromatic rings. The third-order valence-corrected chi connectivity index (χ3v) is 5.87. The molecule has 9 nitrogen and oxygen atoms in total. The number of nitrogens with one attached hydrogen (secondary N) is 1. The van der Waals surface area contributed by atoms with E-state index in [0.29, 0.717) is 18.7 Å². The lowest BCUT2D eigenvalue weighted by atomic mass is 10.1. The Balaban J connectivity index is 1.61. The van der Waals surface area contributed by atoms with Gasteiger partial charge in [-0.25, -0.2) is 0 Å². The Hall–Kier alpha value is -3.40. The fraction of sp³-hybridized carbons (Fsp3) is 0.286. The second kappa shape index (κ2) is 10.1. The molecule has 10 heteroatoms. The van der Waals surface area contributed by atoms with Crippen LogP contribution in [0, 0.1) is 10.1 Å². The highest BCUT2D eigenvalue weighted by molar-refractivity contribution is 8.00. The summed E-state index contributed by atoms with van der Waals surface area (Å²) in [5.41, 5.74) is 6.43. The van der Waals surface area contributed by atoms with Crippen LogP contribution in [-0.4, -0.2) is 39.8 Å². The number of anilines is 1. The molecule has 31 heavy (non-hydrogen) atoms. The molecule has 0 spiro atoms. The molecule has 1 aliphatic rings. The number of nitrogens with two attached hydrogens (primary N) is 1. The molecule has 0 radical (unpaired) electrons. The number of piperidine rings is 1. The van der Waals surface area contributed by atoms with Gasteiger partial charge in [-0.3, -0.25) is 24.5 Å². The van der Waals surface area contributed by atoms with Gasteiger partial charge in [0.25, 0.3) is 5.69 Å². The average Bonchev–Trinajstić information content (AvgIpc) is 2.74. The van der Waals surface area contributed by atoms with E-state index in [4.69, 9.17) is 5.73 Å². The number of rotatable bonds is 8. The number of nitro groups is 1. The maximum absolute atomic E-state index is 12.4. The lowest BCUT2D eigenvalue weighted by Gasteiger charge is -2.26. The zero-order valence-electron chi connectivity index (χ0n) is 16.7. The second-order valence-electron chi connectivity index (χ2n) is 7.11. The first-order chi connectivity index (χ1) is 14.8. The first kappa shape index (κ1) is 22.3. The van der Waals surface area contributed by atoms with Crippen molar-refractivity contribution in [2.75, 3.05) is 17.6 Å². The molecule has 1 aliphatic heterocycles. The average molecular weight is 442 g/mol. The fourth-order valence-corrected chi connectivity index (χ4v) is 4.08. The first-order valence-corrected chi connectivity index (χ1v) is 10.7. The Labute approximate surface area is 183 Å². The smallest absolute Gasteiger partial charge is 0.283 e. The summed E-state index contributed by atoms with van der Waals surface area (Å²) in [6.07, 6.45) is 2.48. The number of carbonyl (C=O) groups excluding carboxylic acids is 3. The highest BCUT2D eigenvalue weighted by Gasteiger charge is 2.19. The molecule has 0 atom stereocenters. The van der Waals surface area contributed by atoms with E-state index in [1.807, 2.05) is 17.0 Å². The predicted molar refractivity (Wildman–Crippen MR) is 117 cm³/mol. The van der Waals surface area contributed by atoms with Gasteiger partial charge >= 0.3 is 0 Å². The van der Waals surface area contributed by atoms with Crippen molar-refractivity contribution in [3.63, 3.8) is 0 Å². The molecule has 1 saturated heterocycles. The molecule has 0 saturated carbocycles. The van der Waals surface area contributed by atoms with E-state index in [9.17, 15) is 24.5 Å². The molecule has 0 aliphatic carbocycles. The minimum absolute atomic E-state index is 0.0319. The summed E-state index contributed by atoms with van der Waals surface area (Å²) in [6, 6.07) is 11.2. The van der Waals surface area contributed by atoms with Crippen molar-refractivity contribution in [3.8, 4) is 0 Å². The molecule has 162 valence electrons. The first-order valence-electron chi connectivity index (χ1n) is 9.71. The number of nitro benzene ring substituents is 1. The maximum atomic E-state index is 12.4. The Kier molecular flexibility index (Phi) is 7.24. The number of nitrogens with zero attached hydrogens (tertiary/aromatic N) is 2. The van der Waals surface area contributed by atoms with Gasteiger partial charge in [0, 0.05) is 36.8 Å². The molecule has 2 aromatic carbocycles. The van der Waals surface area contributed by atoms with Crippen LogP contribution in [0.25, 0.3) is 0 Å². The van der Waals surface area contributed by atoms with E-state index in [-0.39, 0.29) is 33.7 Å². The van der Waals surface area contributed by atoms with Crippen molar-refractivity contribution < 1.29 is 19.3 Å². The van der Waals surface area contributed by atoms with Crippen molar-refractivity contribution >= 4 is 40.9 Å². The minimum Gasteiger partial charge on any atom is -0.366 e. The highest BCUT2D eigenvalue weighted by atomic mass is 32.2. The summed E-state index contributed by atoms with van der Waals surface area (Å²) in [7, 11) is 0. The summed E-state index contributed by atoms with van der Waals surface area (Å²) in [5.74, 6) is -1.000. The van der Waals surface area contributed by atoms with Gasteiger partial charge in [-0.1, -0.05) is 12.1 Å². The van der Waals surface area contributed by atoms with Crippen LogP contribution in [0.4, 0.5) is 11.4 Å². The lowest BCUT2D eigenvalue weighted by molar-refractivity contribution is -0.387. The highest BCUT2D eigenvalue weighted by Crippen LogP contribution is 2.30. The van der Waals surface area contributed by atoms with Crippen LogP contribution >= 0.6 is 11.8 Å². The van der Waals surface area contributed by atoms with E-state index in [2.05, 4.69) is 5.32 Å². The van der Waals surface area contributed by atoms with Crippen LogP contribution < -0.4 is 11.1 Å². The van der Waals surface area contributed by atoms with Crippen LogP contribution in [0.1, 0.15) is 35.2 Å². The monoisotopic (exact) mass is 442 g/mol. The number of thioether (sulfide) groups is 1.